The fourth-order valence-corrected chi connectivity index (χ4v) is 2.19. The van der Waals surface area contributed by atoms with Gasteiger partial charge in [0.1, 0.15) is 6.33 Å². The Morgan fingerprint density at radius 2 is 2.05 bits per heavy atom. The lowest BCUT2D eigenvalue weighted by Crippen LogP contribution is -2.42. The summed E-state index contributed by atoms with van der Waals surface area (Å²) in [6.07, 6.45) is 4.05. The van der Waals surface area contributed by atoms with Gasteiger partial charge in [0.2, 0.25) is 0 Å². The molecular formula is C14H18N4O3. The monoisotopic (exact) mass is 290 g/mol. The number of nitrogens with one attached hydrogen (secondary N) is 1. The number of rotatable bonds is 6. The van der Waals surface area contributed by atoms with Gasteiger partial charge in [0, 0.05) is 12.7 Å². The zero-order valence-electron chi connectivity index (χ0n) is 12.0. The number of carbonyl (C=O) groups is 2. The van der Waals surface area contributed by atoms with Gasteiger partial charge in [-0.05, 0) is 25.0 Å². The second-order valence-corrected chi connectivity index (χ2v) is 4.99. The van der Waals surface area contributed by atoms with E-state index in [1.165, 1.54) is 6.33 Å². The first-order valence-electron chi connectivity index (χ1n) is 6.83. The molecule has 0 saturated carbocycles. The van der Waals surface area contributed by atoms with Crippen LogP contribution in [-0.2, 0) is 4.79 Å². The van der Waals surface area contributed by atoms with E-state index in [0.29, 0.717) is 24.1 Å². The zero-order valence-corrected chi connectivity index (χ0v) is 12.0. The average molecular weight is 290 g/mol. The largest absolute Gasteiger partial charge is 0.481 e. The van der Waals surface area contributed by atoms with Crippen LogP contribution >= 0.6 is 0 Å². The van der Waals surface area contributed by atoms with E-state index < -0.39 is 11.4 Å². The van der Waals surface area contributed by atoms with Crippen LogP contribution in [0.15, 0.2) is 24.7 Å². The molecule has 7 nitrogen and oxygen atoms in total. The average Bonchev–Trinajstić information content (AvgIpc) is 2.95. The predicted octanol–water partition coefficient (Wildman–Crippen LogP) is 1.35. The van der Waals surface area contributed by atoms with E-state index in [-0.39, 0.29) is 12.5 Å². The number of pyridine rings is 1. The summed E-state index contributed by atoms with van der Waals surface area (Å²) >= 11 is 0. The van der Waals surface area contributed by atoms with Gasteiger partial charge < -0.3 is 10.4 Å². The minimum atomic E-state index is -0.920. The maximum Gasteiger partial charge on any atom is 0.311 e. The number of aromatic nitrogens is 3. The molecule has 2 N–H and O–H groups in total. The Balaban J connectivity index is 2.12. The third-order valence-electron chi connectivity index (χ3n) is 3.95. The zero-order chi connectivity index (χ0) is 15.5. The predicted molar refractivity (Wildman–Crippen MR) is 76.0 cm³/mol. The van der Waals surface area contributed by atoms with Crippen molar-refractivity contribution in [2.24, 2.45) is 5.41 Å². The van der Waals surface area contributed by atoms with Crippen LogP contribution < -0.4 is 5.32 Å². The first-order chi connectivity index (χ1) is 10.0. The molecule has 0 fully saturated rings. The Morgan fingerprint density at radius 3 is 2.67 bits per heavy atom. The van der Waals surface area contributed by atoms with Crippen LogP contribution in [0.1, 0.15) is 37.0 Å². The maximum atomic E-state index is 12.2. The van der Waals surface area contributed by atoms with Crippen molar-refractivity contribution in [2.45, 2.75) is 26.7 Å². The molecule has 2 heterocycles. The van der Waals surface area contributed by atoms with E-state index in [2.05, 4.69) is 15.5 Å². The van der Waals surface area contributed by atoms with E-state index in [1.807, 2.05) is 13.8 Å². The molecule has 0 aliphatic heterocycles. The highest BCUT2D eigenvalue weighted by molar-refractivity contribution is 5.94. The van der Waals surface area contributed by atoms with Crippen molar-refractivity contribution in [3.8, 4) is 0 Å². The number of hydrogen-bond donors (Lipinski definition) is 2. The van der Waals surface area contributed by atoms with Crippen molar-refractivity contribution in [3.63, 3.8) is 0 Å². The fraction of sp³-hybridized carbons (Fsp3) is 0.429. The van der Waals surface area contributed by atoms with Gasteiger partial charge in [0.05, 0.1) is 11.0 Å². The third-order valence-corrected chi connectivity index (χ3v) is 3.95. The Bertz CT molecular complexity index is 661. The molecule has 1 amide bonds. The van der Waals surface area contributed by atoms with Gasteiger partial charge in [-0.15, -0.1) is 10.2 Å². The molecule has 0 unspecified atom stereocenters. The van der Waals surface area contributed by atoms with Gasteiger partial charge in [0.25, 0.3) is 5.91 Å². The lowest BCUT2D eigenvalue weighted by atomic mass is 9.82. The molecule has 0 aliphatic carbocycles. The SMILES string of the molecule is CCC(CC)(CNC(=O)c1ccc2nncn2c1)C(=O)O. The number of carboxylic acid groups (broad SMARTS) is 1. The van der Waals surface area contributed by atoms with Crippen LogP contribution in [-0.4, -0.2) is 38.1 Å². The lowest BCUT2D eigenvalue weighted by Gasteiger charge is -2.26. The van der Waals surface area contributed by atoms with Crippen LogP contribution in [0, 0.1) is 5.41 Å². The van der Waals surface area contributed by atoms with E-state index in [1.54, 1.807) is 22.7 Å². The summed E-state index contributed by atoms with van der Waals surface area (Å²) in [5.41, 5.74) is 0.165. The Hall–Kier alpha value is -2.44. The van der Waals surface area contributed by atoms with Gasteiger partial charge in [-0.1, -0.05) is 13.8 Å². The smallest absolute Gasteiger partial charge is 0.311 e. The second kappa shape index (κ2) is 5.90. The molecule has 0 spiro atoms. The summed E-state index contributed by atoms with van der Waals surface area (Å²) in [7, 11) is 0. The second-order valence-electron chi connectivity index (χ2n) is 4.99. The number of carbonyl (C=O) groups excluding carboxylic acids is 1. The van der Waals surface area contributed by atoms with Gasteiger partial charge in [-0.2, -0.15) is 0 Å². The van der Waals surface area contributed by atoms with Crippen molar-refractivity contribution in [1.29, 1.82) is 0 Å². The number of amides is 1. The molecule has 0 atom stereocenters. The molecule has 0 bridgehead atoms. The summed E-state index contributed by atoms with van der Waals surface area (Å²) in [5.74, 6) is -1.19. The molecule has 112 valence electrons. The van der Waals surface area contributed by atoms with Gasteiger partial charge in [-0.3, -0.25) is 14.0 Å². The molecule has 2 rings (SSSR count). The minimum Gasteiger partial charge on any atom is -0.481 e. The van der Waals surface area contributed by atoms with E-state index >= 15 is 0 Å². The molecule has 0 aromatic carbocycles. The van der Waals surface area contributed by atoms with Gasteiger partial charge >= 0.3 is 5.97 Å². The summed E-state index contributed by atoms with van der Waals surface area (Å²) in [4.78, 5) is 23.6. The van der Waals surface area contributed by atoms with Crippen molar-refractivity contribution >= 4 is 17.5 Å². The highest BCUT2D eigenvalue weighted by Gasteiger charge is 2.35. The molecule has 2 aromatic heterocycles. The first kappa shape index (κ1) is 15.0. The van der Waals surface area contributed by atoms with Crippen molar-refractivity contribution in [1.82, 2.24) is 19.9 Å². The van der Waals surface area contributed by atoms with Crippen LogP contribution in [0.4, 0.5) is 0 Å². The number of hydrogen-bond acceptors (Lipinski definition) is 4. The quantitative estimate of drug-likeness (QED) is 0.837. The molecule has 0 aliphatic rings. The Morgan fingerprint density at radius 1 is 1.33 bits per heavy atom. The highest BCUT2D eigenvalue weighted by atomic mass is 16.4. The molecule has 0 saturated heterocycles. The van der Waals surface area contributed by atoms with Crippen LogP contribution in [0.5, 0.6) is 0 Å². The van der Waals surface area contributed by atoms with E-state index in [9.17, 15) is 14.7 Å². The summed E-state index contributed by atoms with van der Waals surface area (Å²) in [5, 5.41) is 19.7. The molecule has 7 heteroatoms. The van der Waals surface area contributed by atoms with E-state index in [0.717, 1.165) is 0 Å². The van der Waals surface area contributed by atoms with E-state index in [4.69, 9.17) is 0 Å². The molecule has 21 heavy (non-hydrogen) atoms. The summed E-state index contributed by atoms with van der Waals surface area (Å²) in [6, 6.07) is 3.33. The van der Waals surface area contributed by atoms with Crippen molar-refractivity contribution in [3.05, 3.63) is 30.2 Å². The fourth-order valence-electron chi connectivity index (χ4n) is 2.19. The topological polar surface area (TPSA) is 96.6 Å². The molecule has 2 aromatic rings. The molecule has 0 radical (unpaired) electrons. The van der Waals surface area contributed by atoms with Crippen LogP contribution in [0.25, 0.3) is 5.65 Å². The normalized spacial score (nSPS) is 11.5. The van der Waals surface area contributed by atoms with Crippen molar-refractivity contribution in [2.75, 3.05) is 6.54 Å². The number of carboxylic acids is 1. The standard InChI is InChI=1S/C14H18N4O3/c1-3-14(4-2,13(20)21)8-15-12(19)10-5-6-11-17-16-9-18(11)7-10/h5-7,9H,3-4,8H2,1-2H3,(H,15,19)(H,20,21). The highest BCUT2D eigenvalue weighted by Crippen LogP contribution is 2.25. The lowest BCUT2D eigenvalue weighted by molar-refractivity contribution is -0.149. The van der Waals surface area contributed by atoms with Crippen LogP contribution in [0.3, 0.4) is 0 Å². The summed E-state index contributed by atoms with van der Waals surface area (Å²) in [6.45, 7) is 3.73. The Labute approximate surface area is 122 Å². The van der Waals surface area contributed by atoms with Gasteiger partial charge in [-0.25, -0.2) is 0 Å². The summed E-state index contributed by atoms with van der Waals surface area (Å²) < 4.78 is 1.64. The maximum absolute atomic E-state index is 12.2. The minimum absolute atomic E-state index is 0.106. The van der Waals surface area contributed by atoms with Gasteiger partial charge in [0.15, 0.2) is 5.65 Å². The number of nitrogens with zero attached hydrogens (tertiary/aromatic N) is 3. The van der Waals surface area contributed by atoms with Crippen LogP contribution in [0.2, 0.25) is 0 Å². The van der Waals surface area contributed by atoms with Crippen molar-refractivity contribution < 1.29 is 14.7 Å². The third kappa shape index (κ3) is 2.86. The first-order valence-corrected chi connectivity index (χ1v) is 6.83. The number of aliphatic carboxylic acids is 1. The Kier molecular flexibility index (Phi) is 4.21. The molecular weight excluding hydrogens is 272 g/mol. The number of fused-ring (bicyclic) bond motifs is 1.